The third kappa shape index (κ3) is 3.56. The van der Waals surface area contributed by atoms with Gasteiger partial charge in [-0.25, -0.2) is 0 Å². The molecule has 3 heteroatoms. The Kier molecular flexibility index (Phi) is 4.15. The van der Waals surface area contributed by atoms with Crippen LogP contribution in [-0.4, -0.2) is 37.6 Å². The average Bonchev–Trinajstić information content (AvgIpc) is 2.32. The standard InChI is InChI=1S/C14H19NO2/c1-17-14(16)9-13-10-15(11-13)8-7-12-5-3-2-4-6-12/h2-6,13H,7-11H2,1H3. The fourth-order valence-corrected chi connectivity index (χ4v) is 2.24. The molecule has 0 radical (unpaired) electrons. The van der Waals surface area contributed by atoms with Gasteiger partial charge in [0.25, 0.3) is 0 Å². The van der Waals surface area contributed by atoms with Crippen molar-refractivity contribution in [3.05, 3.63) is 35.9 Å². The molecule has 0 aliphatic carbocycles. The van der Waals surface area contributed by atoms with Crippen LogP contribution in [-0.2, 0) is 16.0 Å². The molecule has 17 heavy (non-hydrogen) atoms. The number of carbonyl (C=O) groups is 1. The maximum absolute atomic E-state index is 11.1. The Morgan fingerprint density at radius 1 is 1.35 bits per heavy atom. The highest BCUT2D eigenvalue weighted by Crippen LogP contribution is 2.19. The van der Waals surface area contributed by atoms with Crippen LogP contribution >= 0.6 is 0 Å². The molecule has 1 fully saturated rings. The molecular formula is C14H19NO2. The first-order valence-corrected chi connectivity index (χ1v) is 6.11. The van der Waals surface area contributed by atoms with Gasteiger partial charge in [-0.1, -0.05) is 30.3 Å². The van der Waals surface area contributed by atoms with Gasteiger partial charge in [-0.2, -0.15) is 0 Å². The quantitative estimate of drug-likeness (QED) is 0.725. The van der Waals surface area contributed by atoms with E-state index >= 15 is 0 Å². The van der Waals surface area contributed by atoms with Crippen molar-refractivity contribution in [2.75, 3.05) is 26.7 Å². The number of carbonyl (C=O) groups excluding carboxylic acids is 1. The Morgan fingerprint density at radius 2 is 2.06 bits per heavy atom. The molecule has 0 atom stereocenters. The second-order valence-corrected chi connectivity index (χ2v) is 4.64. The van der Waals surface area contributed by atoms with Crippen LogP contribution in [0.1, 0.15) is 12.0 Å². The summed E-state index contributed by atoms with van der Waals surface area (Å²) in [5.74, 6) is 0.413. The maximum atomic E-state index is 11.1. The van der Waals surface area contributed by atoms with Gasteiger partial charge in [0.05, 0.1) is 13.5 Å². The van der Waals surface area contributed by atoms with Crippen molar-refractivity contribution < 1.29 is 9.53 Å². The summed E-state index contributed by atoms with van der Waals surface area (Å²) in [7, 11) is 1.45. The van der Waals surface area contributed by atoms with Crippen molar-refractivity contribution in [3.8, 4) is 0 Å². The second-order valence-electron chi connectivity index (χ2n) is 4.64. The first-order chi connectivity index (χ1) is 8.28. The molecule has 2 rings (SSSR count). The SMILES string of the molecule is COC(=O)CC1CN(CCc2ccccc2)C1. The molecule has 1 aromatic carbocycles. The smallest absolute Gasteiger partial charge is 0.305 e. The molecule has 3 nitrogen and oxygen atoms in total. The molecule has 0 spiro atoms. The van der Waals surface area contributed by atoms with Gasteiger partial charge in [0, 0.05) is 19.6 Å². The minimum Gasteiger partial charge on any atom is -0.469 e. The van der Waals surface area contributed by atoms with Gasteiger partial charge in [-0.05, 0) is 17.9 Å². The summed E-state index contributed by atoms with van der Waals surface area (Å²) in [5.41, 5.74) is 1.38. The summed E-state index contributed by atoms with van der Waals surface area (Å²) < 4.78 is 4.66. The topological polar surface area (TPSA) is 29.5 Å². The van der Waals surface area contributed by atoms with Gasteiger partial charge < -0.3 is 9.64 Å². The van der Waals surface area contributed by atoms with Crippen molar-refractivity contribution in [2.45, 2.75) is 12.8 Å². The van der Waals surface area contributed by atoms with Crippen molar-refractivity contribution in [2.24, 2.45) is 5.92 Å². The molecule has 0 bridgehead atoms. The van der Waals surface area contributed by atoms with E-state index in [1.165, 1.54) is 12.7 Å². The van der Waals surface area contributed by atoms with E-state index in [1.54, 1.807) is 0 Å². The zero-order valence-corrected chi connectivity index (χ0v) is 10.3. The zero-order chi connectivity index (χ0) is 12.1. The first kappa shape index (κ1) is 12.1. The molecule has 1 heterocycles. The lowest BCUT2D eigenvalue weighted by Gasteiger charge is -2.38. The largest absolute Gasteiger partial charge is 0.469 e. The highest BCUT2D eigenvalue weighted by Gasteiger charge is 2.28. The van der Waals surface area contributed by atoms with Crippen molar-refractivity contribution in [1.82, 2.24) is 4.90 Å². The monoisotopic (exact) mass is 233 g/mol. The van der Waals surface area contributed by atoms with Crippen LogP contribution in [0, 0.1) is 5.92 Å². The van der Waals surface area contributed by atoms with Gasteiger partial charge in [0.1, 0.15) is 0 Å². The van der Waals surface area contributed by atoms with Crippen molar-refractivity contribution >= 4 is 5.97 Å². The Bertz CT molecular complexity index is 358. The molecule has 1 aliphatic heterocycles. The van der Waals surface area contributed by atoms with E-state index in [-0.39, 0.29) is 5.97 Å². The molecule has 0 amide bonds. The summed E-state index contributed by atoms with van der Waals surface area (Å²) in [6.45, 7) is 3.14. The van der Waals surface area contributed by atoms with Gasteiger partial charge in [-0.3, -0.25) is 4.79 Å². The Hall–Kier alpha value is -1.35. The van der Waals surface area contributed by atoms with Crippen LogP contribution in [0.25, 0.3) is 0 Å². The lowest BCUT2D eigenvalue weighted by Crippen LogP contribution is -2.48. The van der Waals surface area contributed by atoms with Crippen LogP contribution in [0.4, 0.5) is 0 Å². The summed E-state index contributed by atoms with van der Waals surface area (Å²) in [6, 6.07) is 10.5. The number of ether oxygens (including phenoxy) is 1. The zero-order valence-electron chi connectivity index (χ0n) is 10.3. The molecule has 0 N–H and O–H groups in total. The van der Waals surface area contributed by atoms with E-state index in [1.807, 2.05) is 6.07 Å². The number of esters is 1. The number of likely N-dealkylation sites (tertiary alicyclic amines) is 1. The lowest BCUT2D eigenvalue weighted by molar-refractivity contribution is -0.143. The first-order valence-electron chi connectivity index (χ1n) is 6.11. The summed E-state index contributed by atoms with van der Waals surface area (Å²) >= 11 is 0. The van der Waals surface area contributed by atoms with Crippen molar-refractivity contribution in [3.63, 3.8) is 0 Å². The van der Waals surface area contributed by atoms with Crippen LogP contribution < -0.4 is 0 Å². The molecule has 1 aliphatic rings. The molecule has 0 aromatic heterocycles. The summed E-state index contributed by atoms with van der Waals surface area (Å²) in [4.78, 5) is 13.4. The number of nitrogens with zero attached hydrogens (tertiary/aromatic N) is 1. The van der Waals surface area contributed by atoms with E-state index in [0.29, 0.717) is 12.3 Å². The van der Waals surface area contributed by atoms with Gasteiger partial charge in [-0.15, -0.1) is 0 Å². The third-order valence-electron chi connectivity index (χ3n) is 3.28. The number of methoxy groups -OCH3 is 1. The summed E-state index contributed by atoms with van der Waals surface area (Å²) in [6.07, 6.45) is 1.66. The minimum atomic E-state index is -0.0855. The summed E-state index contributed by atoms with van der Waals surface area (Å²) in [5, 5.41) is 0. The van der Waals surface area contributed by atoms with E-state index in [9.17, 15) is 4.79 Å². The van der Waals surface area contributed by atoms with Crippen LogP contribution in [0.5, 0.6) is 0 Å². The third-order valence-corrected chi connectivity index (χ3v) is 3.28. The van der Waals surface area contributed by atoms with E-state index in [4.69, 9.17) is 0 Å². The molecule has 92 valence electrons. The molecule has 1 saturated heterocycles. The fraction of sp³-hybridized carbons (Fsp3) is 0.500. The highest BCUT2D eigenvalue weighted by atomic mass is 16.5. The Morgan fingerprint density at radius 3 is 2.71 bits per heavy atom. The fourth-order valence-electron chi connectivity index (χ4n) is 2.24. The van der Waals surface area contributed by atoms with Gasteiger partial charge >= 0.3 is 5.97 Å². The number of rotatable bonds is 5. The van der Waals surface area contributed by atoms with Gasteiger partial charge in [0.2, 0.25) is 0 Å². The molecule has 0 saturated carbocycles. The molecule has 1 aromatic rings. The average molecular weight is 233 g/mol. The van der Waals surface area contributed by atoms with E-state index < -0.39 is 0 Å². The lowest BCUT2D eigenvalue weighted by atomic mass is 9.96. The predicted molar refractivity (Wildman–Crippen MR) is 66.7 cm³/mol. The second kappa shape index (κ2) is 5.82. The van der Waals surface area contributed by atoms with Crippen LogP contribution in [0.15, 0.2) is 30.3 Å². The predicted octanol–water partition coefficient (Wildman–Crippen LogP) is 1.72. The van der Waals surface area contributed by atoms with Gasteiger partial charge in [0.15, 0.2) is 0 Å². The molecular weight excluding hydrogens is 214 g/mol. The van der Waals surface area contributed by atoms with Crippen LogP contribution in [0.3, 0.4) is 0 Å². The normalized spacial score (nSPS) is 16.5. The maximum Gasteiger partial charge on any atom is 0.305 e. The number of benzene rings is 1. The number of hydrogen-bond donors (Lipinski definition) is 0. The van der Waals surface area contributed by atoms with E-state index in [0.717, 1.165) is 26.1 Å². The van der Waals surface area contributed by atoms with Crippen molar-refractivity contribution in [1.29, 1.82) is 0 Å². The minimum absolute atomic E-state index is 0.0855. The molecule has 0 unspecified atom stereocenters. The van der Waals surface area contributed by atoms with Crippen LogP contribution in [0.2, 0.25) is 0 Å². The highest BCUT2D eigenvalue weighted by molar-refractivity contribution is 5.69. The van der Waals surface area contributed by atoms with E-state index in [2.05, 4.69) is 33.9 Å². The Labute approximate surface area is 102 Å². The Balaban J connectivity index is 1.63. The number of hydrogen-bond acceptors (Lipinski definition) is 3.